The summed E-state index contributed by atoms with van der Waals surface area (Å²) in [6.07, 6.45) is 6.90. The van der Waals surface area contributed by atoms with Gasteiger partial charge in [-0.3, -0.25) is 20.1 Å². The predicted octanol–water partition coefficient (Wildman–Crippen LogP) is 4.87. The molecule has 172 valence electrons. The molecule has 5 heterocycles. The van der Waals surface area contributed by atoms with Crippen molar-refractivity contribution in [3.8, 4) is 34.0 Å². The van der Waals surface area contributed by atoms with Gasteiger partial charge < -0.3 is 10.3 Å². The smallest absolute Gasteiger partial charge is 0.159 e. The lowest BCUT2D eigenvalue weighted by molar-refractivity contribution is 0.632. The van der Waals surface area contributed by atoms with Gasteiger partial charge in [-0.2, -0.15) is 5.10 Å². The number of aromatic amines is 2. The van der Waals surface area contributed by atoms with Crippen molar-refractivity contribution in [2.45, 2.75) is 13.5 Å². The third kappa shape index (κ3) is 3.81. The highest BCUT2D eigenvalue weighted by Crippen LogP contribution is 2.33. The number of imidazole rings is 1. The van der Waals surface area contributed by atoms with Crippen LogP contribution >= 0.6 is 0 Å². The first kappa shape index (κ1) is 21.1. The van der Waals surface area contributed by atoms with Crippen molar-refractivity contribution in [2.75, 3.05) is 6.54 Å². The largest absolute Gasteiger partial charge is 0.336 e. The Morgan fingerprint density at radius 2 is 1.91 bits per heavy atom. The summed E-state index contributed by atoms with van der Waals surface area (Å²) >= 11 is 0. The van der Waals surface area contributed by atoms with Crippen molar-refractivity contribution in [2.24, 2.45) is 0 Å². The number of hydrogen-bond donors (Lipinski definition) is 3. The third-order valence-electron chi connectivity index (χ3n) is 5.87. The Hall–Kier alpha value is -4.50. The van der Waals surface area contributed by atoms with Gasteiger partial charge in [-0.25, -0.2) is 9.37 Å². The summed E-state index contributed by atoms with van der Waals surface area (Å²) in [6, 6.07) is 12.7. The van der Waals surface area contributed by atoms with Gasteiger partial charge in [0, 0.05) is 53.9 Å². The van der Waals surface area contributed by atoms with Crippen molar-refractivity contribution in [1.29, 1.82) is 0 Å². The van der Waals surface area contributed by atoms with Gasteiger partial charge in [0.2, 0.25) is 0 Å². The molecule has 0 saturated carbocycles. The molecule has 0 aliphatic carbocycles. The number of rotatable bonds is 6. The lowest BCUT2D eigenvalue weighted by Gasteiger charge is -2.07. The number of fused-ring (bicyclic) bond motifs is 2. The van der Waals surface area contributed by atoms with Crippen molar-refractivity contribution in [3.63, 3.8) is 0 Å². The van der Waals surface area contributed by atoms with Crippen LogP contribution in [0.15, 0.2) is 67.3 Å². The summed E-state index contributed by atoms with van der Waals surface area (Å²) in [6.45, 7) is 3.56. The highest BCUT2D eigenvalue weighted by molar-refractivity contribution is 5.97. The van der Waals surface area contributed by atoms with Crippen molar-refractivity contribution < 1.29 is 4.39 Å². The molecule has 8 nitrogen and oxygen atoms in total. The van der Waals surface area contributed by atoms with Gasteiger partial charge >= 0.3 is 0 Å². The number of hydrogen-bond acceptors (Lipinski definition) is 6. The van der Waals surface area contributed by atoms with Crippen LogP contribution in [0.1, 0.15) is 12.5 Å². The zero-order valence-electron chi connectivity index (χ0n) is 18.9. The molecular formula is C26H21FN8. The van der Waals surface area contributed by atoms with E-state index in [9.17, 15) is 0 Å². The molecule has 3 N–H and O–H groups in total. The fourth-order valence-electron chi connectivity index (χ4n) is 4.18. The number of nitrogens with one attached hydrogen (secondary N) is 3. The molecule has 0 fully saturated rings. The fraction of sp³-hybridized carbons (Fsp3) is 0.115. The average molecular weight is 465 g/mol. The average Bonchev–Trinajstić information content (AvgIpc) is 3.51. The topological polar surface area (TPSA) is 108 Å². The van der Waals surface area contributed by atoms with Crippen LogP contribution in [0.5, 0.6) is 0 Å². The van der Waals surface area contributed by atoms with Gasteiger partial charge in [-0.1, -0.05) is 13.0 Å². The molecule has 6 rings (SSSR count). The van der Waals surface area contributed by atoms with Gasteiger partial charge in [0.1, 0.15) is 22.7 Å². The Bertz CT molecular complexity index is 1660. The number of nitrogens with zero attached hydrogens (tertiary/aromatic N) is 5. The van der Waals surface area contributed by atoms with E-state index in [1.165, 1.54) is 6.07 Å². The molecule has 0 unspecified atom stereocenters. The van der Waals surface area contributed by atoms with Crippen molar-refractivity contribution >= 4 is 21.9 Å². The first-order valence-corrected chi connectivity index (χ1v) is 11.3. The maximum atomic E-state index is 15.1. The van der Waals surface area contributed by atoms with Crippen LogP contribution in [0.4, 0.5) is 4.39 Å². The second-order valence-corrected chi connectivity index (χ2v) is 8.17. The van der Waals surface area contributed by atoms with E-state index in [2.05, 4.69) is 35.5 Å². The van der Waals surface area contributed by atoms with Crippen LogP contribution in [0.25, 0.3) is 56.0 Å². The summed E-state index contributed by atoms with van der Waals surface area (Å²) in [7, 11) is 0. The van der Waals surface area contributed by atoms with E-state index < -0.39 is 0 Å². The van der Waals surface area contributed by atoms with Gasteiger partial charge in [-0.15, -0.1) is 0 Å². The summed E-state index contributed by atoms with van der Waals surface area (Å²) in [5.74, 6) is 0.217. The molecule has 0 bridgehead atoms. The molecule has 0 aliphatic heterocycles. The molecule has 0 radical (unpaired) electrons. The Morgan fingerprint density at radius 3 is 2.77 bits per heavy atom. The lowest BCUT2D eigenvalue weighted by Crippen LogP contribution is -2.11. The van der Waals surface area contributed by atoms with Gasteiger partial charge in [-0.05, 0) is 42.4 Å². The minimum atomic E-state index is -0.346. The summed E-state index contributed by atoms with van der Waals surface area (Å²) < 4.78 is 15.1. The quantitative estimate of drug-likeness (QED) is 0.324. The van der Waals surface area contributed by atoms with E-state index in [1.807, 2.05) is 37.3 Å². The number of benzene rings is 1. The maximum absolute atomic E-state index is 15.1. The molecule has 1 aromatic carbocycles. The predicted molar refractivity (Wildman–Crippen MR) is 133 cm³/mol. The summed E-state index contributed by atoms with van der Waals surface area (Å²) in [4.78, 5) is 21.3. The van der Waals surface area contributed by atoms with E-state index in [0.717, 1.165) is 28.7 Å². The number of H-pyrrole nitrogens is 2. The van der Waals surface area contributed by atoms with Crippen molar-refractivity contribution in [3.05, 3.63) is 78.6 Å². The molecule has 9 heteroatoms. The molecule has 0 aliphatic rings. The molecule has 0 atom stereocenters. The van der Waals surface area contributed by atoms with Crippen LogP contribution in [0.2, 0.25) is 0 Å². The fourth-order valence-corrected chi connectivity index (χ4v) is 4.18. The summed E-state index contributed by atoms with van der Waals surface area (Å²) in [5.41, 5.74) is 6.26. The zero-order valence-corrected chi connectivity index (χ0v) is 18.9. The molecule has 35 heavy (non-hydrogen) atoms. The number of pyridine rings is 3. The monoisotopic (exact) mass is 464 g/mol. The number of halogens is 1. The van der Waals surface area contributed by atoms with E-state index in [1.54, 1.807) is 30.9 Å². The Balaban J connectivity index is 1.47. The van der Waals surface area contributed by atoms with Crippen LogP contribution in [-0.2, 0) is 6.54 Å². The van der Waals surface area contributed by atoms with Gasteiger partial charge in [0.05, 0.1) is 16.7 Å². The first-order chi connectivity index (χ1) is 17.2. The highest BCUT2D eigenvalue weighted by atomic mass is 19.1. The lowest BCUT2D eigenvalue weighted by atomic mass is 10.0. The Morgan fingerprint density at radius 1 is 0.971 bits per heavy atom. The minimum absolute atomic E-state index is 0.346. The van der Waals surface area contributed by atoms with Crippen LogP contribution in [-0.4, -0.2) is 41.7 Å². The van der Waals surface area contributed by atoms with Gasteiger partial charge in [0.25, 0.3) is 0 Å². The molecular weight excluding hydrogens is 443 g/mol. The molecule has 0 saturated heterocycles. The third-order valence-corrected chi connectivity index (χ3v) is 5.87. The van der Waals surface area contributed by atoms with Crippen molar-refractivity contribution in [1.82, 2.24) is 40.4 Å². The second-order valence-electron chi connectivity index (χ2n) is 8.17. The summed E-state index contributed by atoms with van der Waals surface area (Å²) in [5, 5.41) is 11.4. The minimum Gasteiger partial charge on any atom is -0.336 e. The van der Waals surface area contributed by atoms with E-state index in [0.29, 0.717) is 45.9 Å². The normalized spacial score (nSPS) is 11.5. The Kier molecular flexibility index (Phi) is 5.23. The standard InChI is InChI=1S/C26H21FN8/c1-2-28-12-15-9-16(14-29-13-15)17-10-18-22(11-19(17)27)34-35-23(18)26-32-21-6-8-31-24(25(21)33-26)20-5-3-4-7-30-20/h3-11,13-14,28H,2,12H2,1H3,(H,32,33)(H,34,35). The Labute approximate surface area is 199 Å². The SMILES string of the molecule is CCNCc1cncc(-c2cc3c(-c4nc5c(-c6ccccn6)nccc5[nH]4)n[nH]c3cc2F)c1. The highest BCUT2D eigenvalue weighted by Gasteiger charge is 2.18. The van der Waals surface area contributed by atoms with Crippen LogP contribution in [0.3, 0.4) is 0 Å². The molecule has 0 amide bonds. The van der Waals surface area contributed by atoms with Crippen LogP contribution < -0.4 is 5.32 Å². The molecule has 5 aromatic heterocycles. The van der Waals surface area contributed by atoms with E-state index in [-0.39, 0.29) is 5.82 Å². The van der Waals surface area contributed by atoms with Gasteiger partial charge in [0.15, 0.2) is 5.82 Å². The zero-order chi connectivity index (χ0) is 23.8. The number of aromatic nitrogens is 7. The molecule has 0 spiro atoms. The van der Waals surface area contributed by atoms with Crippen LogP contribution in [0, 0.1) is 5.82 Å². The first-order valence-electron chi connectivity index (χ1n) is 11.3. The maximum Gasteiger partial charge on any atom is 0.159 e. The second kappa shape index (κ2) is 8.69. The van der Waals surface area contributed by atoms with E-state index >= 15 is 4.39 Å². The molecule has 6 aromatic rings. The van der Waals surface area contributed by atoms with E-state index in [4.69, 9.17) is 4.98 Å².